The third-order valence-electron chi connectivity index (χ3n) is 5.42. The van der Waals surface area contributed by atoms with Crippen molar-refractivity contribution < 1.29 is 14.4 Å². The van der Waals surface area contributed by atoms with Crippen LogP contribution in [0.3, 0.4) is 0 Å². The van der Waals surface area contributed by atoms with Crippen molar-refractivity contribution in [2.24, 2.45) is 0 Å². The van der Waals surface area contributed by atoms with Gasteiger partial charge in [0.15, 0.2) is 0 Å². The summed E-state index contributed by atoms with van der Waals surface area (Å²) in [5.74, 6) is -0.651. The SMILES string of the molecule is CN(Cc1cnn(Cc2ccccc2)c1)C(=O)CCCN1C(=O)c2ccc(Br)cc2C1=O. The van der Waals surface area contributed by atoms with E-state index in [4.69, 9.17) is 0 Å². The van der Waals surface area contributed by atoms with Gasteiger partial charge in [-0.25, -0.2) is 0 Å². The number of carbonyl (C=O) groups is 3. The number of amides is 3. The van der Waals surface area contributed by atoms with Gasteiger partial charge in [0.1, 0.15) is 0 Å². The lowest BCUT2D eigenvalue weighted by molar-refractivity contribution is -0.130. The Hall–Kier alpha value is -3.26. The van der Waals surface area contributed by atoms with Gasteiger partial charge in [0.25, 0.3) is 11.8 Å². The second kappa shape index (κ2) is 9.48. The van der Waals surface area contributed by atoms with E-state index >= 15 is 0 Å². The Morgan fingerprint density at radius 1 is 1.03 bits per heavy atom. The number of nitrogens with zero attached hydrogens (tertiary/aromatic N) is 4. The molecule has 7 nitrogen and oxygen atoms in total. The van der Waals surface area contributed by atoms with Crippen molar-refractivity contribution in [1.29, 1.82) is 0 Å². The highest BCUT2D eigenvalue weighted by Gasteiger charge is 2.35. The van der Waals surface area contributed by atoms with Gasteiger partial charge in [0, 0.05) is 42.8 Å². The molecule has 2 heterocycles. The number of aromatic nitrogens is 2. The summed E-state index contributed by atoms with van der Waals surface area (Å²) in [6.45, 7) is 1.35. The average Bonchev–Trinajstić information content (AvgIpc) is 3.31. The summed E-state index contributed by atoms with van der Waals surface area (Å²) in [5.41, 5.74) is 2.92. The van der Waals surface area contributed by atoms with Crippen molar-refractivity contribution in [1.82, 2.24) is 19.6 Å². The van der Waals surface area contributed by atoms with E-state index in [1.807, 2.05) is 41.2 Å². The van der Waals surface area contributed by atoms with Gasteiger partial charge in [-0.15, -0.1) is 0 Å². The highest BCUT2D eigenvalue weighted by Crippen LogP contribution is 2.26. The number of fused-ring (bicyclic) bond motifs is 1. The lowest BCUT2D eigenvalue weighted by Gasteiger charge is -2.18. The second-order valence-electron chi connectivity index (χ2n) is 7.84. The fraction of sp³-hybridized carbons (Fsp3) is 0.250. The zero-order valence-electron chi connectivity index (χ0n) is 17.7. The zero-order chi connectivity index (χ0) is 22.7. The summed E-state index contributed by atoms with van der Waals surface area (Å²) < 4.78 is 2.60. The van der Waals surface area contributed by atoms with Crippen LogP contribution in [-0.4, -0.2) is 50.9 Å². The van der Waals surface area contributed by atoms with E-state index in [0.29, 0.717) is 30.6 Å². The molecule has 0 N–H and O–H groups in total. The lowest BCUT2D eigenvalue weighted by atomic mass is 10.1. The van der Waals surface area contributed by atoms with Crippen molar-refractivity contribution in [2.75, 3.05) is 13.6 Å². The molecular weight excluding hydrogens is 472 g/mol. The van der Waals surface area contributed by atoms with Crippen molar-refractivity contribution in [3.8, 4) is 0 Å². The quantitative estimate of drug-likeness (QED) is 0.447. The number of carbonyl (C=O) groups excluding carboxylic acids is 3. The van der Waals surface area contributed by atoms with Crippen LogP contribution in [0.25, 0.3) is 0 Å². The maximum absolute atomic E-state index is 12.5. The molecule has 0 saturated carbocycles. The minimum Gasteiger partial charge on any atom is -0.341 e. The van der Waals surface area contributed by atoms with Gasteiger partial charge in [-0.2, -0.15) is 5.10 Å². The van der Waals surface area contributed by atoms with E-state index in [2.05, 4.69) is 21.0 Å². The Morgan fingerprint density at radius 3 is 2.56 bits per heavy atom. The molecule has 0 radical (unpaired) electrons. The monoisotopic (exact) mass is 494 g/mol. The maximum atomic E-state index is 12.5. The van der Waals surface area contributed by atoms with Crippen molar-refractivity contribution in [3.63, 3.8) is 0 Å². The van der Waals surface area contributed by atoms with Gasteiger partial charge in [0.2, 0.25) is 5.91 Å². The van der Waals surface area contributed by atoms with E-state index in [0.717, 1.165) is 15.6 Å². The molecule has 1 aromatic heterocycles. The van der Waals surface area contributed by atoms with Crippen molar-refractivity contribution in [2.45, 2.75) is 25.9 Å². The molecule has 0 saturated heterocycles. The van der Waals surface area contributed by atoms with E-state index in [-0.39, 0.29) is 30.7 Å². The molecular formula is C24H23BrN4O3. The summed E-state index contributed by atoms with van der Waals surface area (Å²) in [5, 5.41) is 4.37. The zero-order valence-corrected chi connectivity index (χ0v) is 19.3. The summed E-state index contributed by atoms with van der Waals surface area (Å²) in [7, 11) is 1.75. The summed E-state index contributed by atoms with van der Waals surface area (Å²) in [6.07, 6.45) is 4.38. The van der Waals surface area contributed by atoms with Crippen LogP contribution >= 0.6 is 15.9 Å². The first kappa shape index (κ1) is 22.0. The minimum absolute atomic E-state index is 0.0415. The first-order valence-electron chi connectivity index (χ1n) is 10.4. The first-order valence-corrected chi connectivity index (χ1v) is 11.2. The highest BCUT2D eigenvalue weighted by atomic mass is 79.9. The predicted octanol–water partition coefficient (Wildman–Crippen LogP) is 3.73. The van der Waals surface area contributed by atoms with E-state index in [9.17, 15) is 14.4 Å². The number of hydrogen-bond acceptors (Lipinski definition) is 4. The van der Waals surface area contributed by atoms with Crippen LogP contribution in [-0.2, 0) is 17.9 Å². The molecule has 4 rings (SSSR count). The molecule has 0 spiro atoms. The molecule has 0 fully saturated rings. The lowest BCUT2D eigenvalue weighted by Crippen LogP contribution is -2.32. The minimum atomic E-state index is -0.307. The Kier molecular flexibility index (Phi) is 6.50. The van der Waals surface area contributed by atoms with E-state index < -0.39 is 0 Å². The summed E-state index contributed by atoms with van der Waals surface area (Å²) >= 11 is 3.33. The van der Waals surface area contributed by atoms with Crippen LogP contribution in [0, 0.1) is 0 Å². The van der Waals surface area contributed by atoms with Crippen molar-refractivity contribution in [3.05, 3.63) is 87.7 Å². The number of benzene rings is 2. The van der Waals surface area contributed by atoms with Gasteiger partial charge in [-0.1, -0.05) is 46.3 Å². The normalized spacial score (nSPS) is 12.9. The Balaban J connectivity index is 1.26. The fourth-order valence-electron chi connectivity index (χ4n) is 3.75. The number of rotatable bonds is 8. The third-order valence-corrected chi connectivity index (χ3v) is 5.92. The largest absolute Gasteiger partial charge is 0.341 e. The van der Waals surface area contributed by atoms with E-state index in [1.165, 1.54) is 4.90 Å². The van der Waals surface area contributed by atoms with Crippen LogP contribution in [0.4, 0.5) is 0 Å². The van der Waals surface area contributed by atoms with Gasteiger partial charge < -0.3 is 4.90 Å². The van der Waals surface area contributed by atoms with Gasteiger partial charge in [-0.3, -0.25) is 24.0 Å². The molecule has 1 aliphatic heterocycles. The van der Waals surface area contributed by atoms with Crippen LogP contribution in [0.5, 0.6) is 0 Å². The molecule has 2 aromatic carbocycles. The predicted molar refractivity (Wildman–Crippen MR) is 123 cm³/mol. The molecule has 164 valence electrons. The molecule has 1 aliphatic rings. The molecule has 0 aliphatic carbocycles. The first-order chi connectivity index (χ1) is 15.4. The Morgan fingerprint density at radius 2 is 1.78 bits per heavy atom. The molecule has 32 heavy (non-hydrogen) atoms. The maximum Gasteiger partial charge on any atom is 0.261 e. The molecule has 8 heteroatoms. The van der Waals surface area contributed by atoms with Gasteiger partial charge in [0.05, 0.1) is 23.9 Å². The Bertz CT molecular complexity index is 1160. The number of imide groups is 1. The van der Waals surface area contributed by atoms with Crippen molar-refractivity contribution >= 4 is 33.7 Å². The van der Waals surface area contributed by atoms with E-state index in [1.54, 1.807) is 36.3 Å². The Labute approximate surface area is 194 Å². The number of hydrogen-bond donors (Lipinski definition) is 0. The second-order valence-corrected chi connectivity index (χ2v) is 8.75. The summed E-state index contributed by atoms with van der Waals surface area (Å²) in [4.78, 5) is 40.4. The smallest absolute Gasteiger partial charge is 0.261 e. The van der Waals surface area contributed by atoms with Crippen LogP contribution in [0.15, 0.2) is 65.4 Å². The fourth-order valence-corrected chi connectivity index (χ4v) is 4.11. The molecule has 3 amide bonds. The molecule has 0 unspecified atom stereocenters. The highest BCUT2D eigenvalue weighted by molar-refractivity contribution is 9.10. The molecule has 0 bridgehead atoms. The van der Waals surface area contributed by atoms with Gasteiger partial charge in [-0.05, 0) is 30.2 Å². The van der Waals surface area contributed by atoms with Crippen LogP contribution in [0.2, 0.25) is 0 Å². The van der Waals surface area contributed by atoms with Crippen LogP contribution < -0.4 is 0 Å². The topological polar surface area (TPSA) is 75.5 Å². The third kappa shape index (κ3) is 4.80. The molecule has 3 aromatic rings. The average molecular weight is 495 g/mol. The van der Waals surface area contributed by atoms with Gasteiger partial charge >= 0.3 is 0 Å². The standard InChI is InChI=1S/C24H23BrN4O3/c1-27(14-18-13-26-28(16-18)15-17-6-3-2-4-7-17)22(30)8-5-11-29-23(31)20-10-9-19(25)12-21(20)24(29)32/h2-4,6-7,9-10,12-13,16H,5,8,11,14-15H2,1H3. The summed E-state index contributed by atoms with van der Waals surface area (Å²) in [6, 6.07) is 15.1. The van der Waals surface area contributed by atoms with Crippen LogP contribution in [0.1, 0.15) is 44.7 Å². The number of halogens is 1. The molecule has 0 atom stereocenters.